The first-order chi connectivity index (χ1) is 13.6. The zero-order valence-electron chi connectivity index (χ0n) is 15.9. The van der Waals surface area contributed by atoms with E-state index in [0.29, 0.717) is 25.2 Å². The summed E-state index contributed by atoms with van der Waals surface area (Å²) in [7, 11) is 1.92. The zero-order valence-corrected chi connectivity index (χ0v) is 15.9. The van der Waals surface area contributed by atoms with E-state index in [9.17, 15) is 9.59 Å². The van der Waals surface area contributed by atoms with E-state index in [0.717, 1.165) is 30.5 Å². The van der Waals surface area contributed by atoms with Crippen molar-refractivity contribution in [1.82, 2.24) is 19.7 Å². The highest BCUT2D eigenvalue weighted by molar-refractivity contribution is 5.94. The van der Waals surface area contributed by atoms with Gasteiger partial charge in [-0.05, 0) is 48.1 Å². The summed E-state index contributed by atoms with van der Waals surface area (Å²) >= 11 is 0. The summed E-state index contributed by atoms with van der Waals surface area (Å²) in [6, 6.07) is 1.98. The van der Waals surface area contributed by atoms with E-state index in [1.165, 1.54) is 11.1 Å². The number of carbonyl (C=O) groups is 2. The van der Waals surface area contributed by atoms with Gasteiger partial charge in [-0.2, -0.15) is 5.10 Å². The van der Waals surface area contributed by atoms with Crippen molar-refractivity contribution in [2.75, 3.05) is 18.4 Å². The smallest absolute Gasteiger partial charge is 0.246 e. The van der Waals surface area contributed by atoms with Crippen molar-refractivity contribution in [2.24, 2.45) is 7.05 Å². The average molecular weight is 377 g/mol. The molecule has 4 heterocycles. The Morgan fingerprint density at radius 2 is 2.18 bits per heavy atom. The molecule has 0 atom stereocenters. The van der Waals surface area contributed by atoms with Gasteiger partial charge in [0.1, 0.15) is 5.82 Å². The highest BCUT2D eigenvalue weighted by Crippen LogP contribution is 2.21. The van der Waals surface area contributed by atoms with Crippen molar-refractivity contribution in [1.29, 1.82) is 0 Å². The minimum atomic E-state index is -0.000445. The molecule has 0 aromatic carbocycles. The van der Waals surface area contributed by atoms with Gasteiger partial charge in [-0.15, -0.1) is 0 Å². The molecule has 4 rings (SSSR count). The van der Waals surface area contributed by atoms with Crippen molar-refractivity contribution >= 4 is 23.7 Å². The summed E-state index contributed by atoms with van der Waals surface area (Å²) in [5.41, 5.74) is 4.43. The summed E-state index contributed by atoms with van der Waals surface area (Å²) in [5.74, 6) is 0.629. The highest BCUT2D eigenvalue weighted by atomic mass is 16.2. The van der Waals surface area contributed by atoms with E-state index in [2.05, 4.69) is 21.5 Å². The molecule has 0 unspecified atom stereocenters. The summed E-state index contributed by atoms with van der Waals surface area (Å²) in [6.07, 6.45) is 14.1. The van der Waals surface area contributed by atoms with Gasteiger partial charge in [0.05, 0.1) is 6.20 Å². The number of hydrogen-bond donors (Lipinski definition) is 1. The Balaban J connectivity index is 1.35. The topological polar surface area (TPSA) is 80.1 Å². The molecule has 2 aromatic rings. The van der Waals surface area contributed by atoms with E-state index >= 15 is 0 Å². The van der Waals surface area contributed by atoms with Crippen LogP contribution in [-0.4, -0.2) is 44.6 Å². The third kappa shape index (κ3) is 4.19. The van der Waals surface area contributed by atoms with E-state index in [1.54, 1.807) is 18.3 Å². The van der Waals surface area contributed by atoms with Gasteiger partial charge in [0.2, 0.25) is 11.8 Å². The van der Waals surface area contributed by atoms with E-state index < -0.39 is 0 Å². The van der Waals surface area contributed by atoms with Crippen LogP contribution in [-0.2, 0) is 29.5 Å². The number of fused-ring (bicyclic) bond motifs is 1. The number of aromatic nitrogens is 3. The summed E-state index contributed by atoms with van der Waals surface area (Å²) in [4.78, 5) is 30.0. The lowest BCUT2D eigenvalue weighted by molar-refractivity contribution is -0.125. The molecule has 7 heteroatoms. The fraction of sp³-hybridized carbons (Fsp3) is 0.333. The number of hydrogen-bond acceptors (Lipinski definition) is 4. The van der Waals surface area contributed by atoms with Crippen LogP contribution in [0.15, 0.2) is 42.4 Å². The van der Waals surface area contributed by atoms with Gasteiger partial charge in [-0.3, -0.25) is 14.3 Å². The maximum Gasteiger partial charge on any atom is 0.246 e. The monoisotopic (exact) mass is 377 g/mol. The largest absolute Gasteiger partial charge is 0.335 e. The Kier molecular flexibility index (Phi) is 5.06. The van der Waals surface area contributed by atoms with Crippen LogP contribution in [0.5, 0.6) is 0 Å². The summed E-state index contributed by atoms with van der Waals surface area (Å²) in [5, 5.41) is 6.96. The fourth-order valence-electron chi connectivity index (χ4n) is 3.54. The number of carbonyl (C=O) groups excluding carboxylic acids is 2. The molecule has 0 bridgehead atoms. The first-order valence-corrected chi connectivity index (χ1v) is 9.48. The second-order valence-corrected chi connectivity index (χ2v) is 7.25. The van der Waals surface area contributed by atoms with Crippen LogP contribution in [0.1, 0.15) is 29.5 Å². The number of aryl methyl sites for hydroxylation is 2. The van der Waals surface area contributed by atoms with E-state index in [4.69, 9.17) is 0 Å². The quantitative estimate of drug-likeness (QED) is 0.654. The molecule has 2 aromatic heterocycles. The molecule has 0 fully saturated rings. The predicted octanol–water partition coefficient (Wildman–Crippen LogP) is 2.11. The van der Waals surface area contributed by atoms with Crippen LogP contribution in [0.2, 0.25) is 0 Å². The molecule has 7 nitrogen and oxygen atoms in total. The number of rotatable bonds is 4. The molecule has 1 N–H and O–H groups in total. The minimum Gasteiger partial charge on any atom is -0.335 e. The van der Waals surface area contributed by atoms with Crippen molar-refractivity contribution in [3.8, 4) is 0 Å². The lowest BCUT2D eigenvalue weighted by Crippen LogP contribution is -2.33. The number of anilines is 1. The molecule has 0 radical (unpaired) electrons. The third-order valence-corrected chi connectivity index (χ3v) is 5.09. The Labute approximate surface area is 163 Å². The molecule has 0 saturated carbocycles. The van der Waals surface area contributed by atoms with Crippen LogP contribution in [0, 0.1) is 0 Å². The Morgan fingerprint density at radius 1 is 1.29 bits per heavy atom. The van der Waals surface area contributed by atoms with Crippen LogP contribution in [0.25, 0.3) is 6.08 Å². The third-order valence-electron chi connectivity index (χ3n) is 5.09. The molecule has 0 aliphatic carbocycles. The summed E-state index contributed by atoms with van der Waals surface area (Å²) in [6.45, 7) is 1.36. The molecular formula is C21H23N5O2. The van der Waals surface area contributed by atoms with Gasteiger partial charge in [0, 0.05) is 45.0 Å². The van der Waals surface area contributed by atoms with Crippen molar-refractivity contribution in [3.05, 3.63) is 59.1 Å². The normalized spacial score (nSPS) is 16.7. The van der Waals surface area contributed by atoms with Gasteiger partial charge in [-0.1, -0.05) is 11.6 Å². The van der Waals surface area contributed by atoms with E-state index in [-0.39, 0.29) is 11.8 Å². The molecule has 144 valence electrons. The van der Waals surface area contributed by atoms with Gasteiger partial charge in [-0.25, -0.2) is 4.98 Å². The lowest BCUT2D eigenvalue weighted by Gasteiger charge is -2.25. The zero-order chi connectivity index (χ0) is 19.5. The Hall–Kier alpha value is -3.22. The van der Waals surface area contributed by atoms with Gasteiger partial charge >= 0.3 is 0 Å². The van der Waals surface area contributed by atoms with Gasteiger partial charge in [0.15, 0.2) is 0 Å². The SMILES string of the molecule is Cn1cc(CC2=CCN(C(=O)C=Cc3cnc4c(c3)CCC(=O)N4)CC2)cn1. The molecule has 0 saturated heterocycles. The fourth-order valence-corrected chi connectivity index (χ4v) is 3.54. The van der Waals surface area contributed by atoms with Crippen LogP contribution >= 0.6 is 0 Å². The minimum absolute atomic E-state index is 0.000445. The first kappa shape index (κ1) is 18.2. The van der Waals surface area contributed by atoms with Crippen molar-refractivity contribution in [3.63, 3.8) is 0 Å². The molecule has 0 spiro atoms. The molecule has 2 aliphatic heterocycles. The maximum atomic E-state index is 12.5. The van der Waals surface area contributed by atoms with Crippen LogP contribution in [0.4, 0.5) is 5.82 Å². The van der Waals surface area contributed by atoms with Crippen molar-refractivity contribution in [2.45, 2.75) is 25.7 Å². The Bertz CT molecular complexity index is 973. The van der Waals surface area contributed by atoms with Crippen LogP contribution < -0.4 is 5.32 Å². The standard InChI is InChI=1S/C21H23N5O2/c1-25-14-17(13-23-25)10-15-6-8-26(9-7-15)20(28)5-2-16-11-18-3-4-19(27)24-21(18)22-12-16/h2,5-6,11-14H,3-4,7-10H2,1H3,(H,22,24,27). The maximum absolute atomic E-state index is 12.5. The highest BCUT2D eigenvalue weighted by Gasteiger charge is 2.17. The second-order valence-electron chi connectivity index (χ2n) is 7.25. The van der Waals surface area contributed by atoms with Gasteiger partial charge in [0.25, 0.3) is 0 Å². The summed E-state index contributed by atoms with van der Waals surface area (Å²) < 4.78 is 1.81. The van der Waals surface area contributed by atoms with Crippen molar-refractivity contribution < 1.29 is 9.59 Å². The molecule has 2 amide bonds. The number of nitrogens with zero attached hydrogens (tertiary/aromatic N) is 4. The average Bonchev–Trinajstić information content (AvgIpc) is 3.11. The first-order valence-electron chi connectivity index (χ1n) is 9.48. The van der Waals surface area contributed by atoms with E-state index in [1.807, 2.05) is 35.1 Å². The molecule has 2 aliphatic rings. The van der Waals surface area contributed by atoms with Crippen LogP contribution in [0.3, 0.4) is 0 Å². The number of amides is 2. The molecular weight excluding hydrogens is 354 g/mol. The number of nitrogens with one attached hydrogen (secondary N) is 1. The number of pyridine rings is 1. The van der Waals surface area contributed by atoms with Gasteiger partial charge < -0.3 is 10.2 Å². The Morgan fingerprint density at radius 3 is 2.93 bits per heavy atom. The second kappa shape index (κ2) is 7.80. The lowest BCUT2D eigenvalue weighted by atomic mass is 10.0. The molecule has 28 heavy (non-hydrogen) atoms. The predicted molar refractivity (Wildman–Crippen MR) is 106 cm³/mol.